The van der Waals surface area contributed by atoms with Gasteiger partial charge in [-0.3, -0.25) is 9.59 Å². The number of likely N-dealkylation sites (tertiary alicyclic amines) is 1. The van der Waals surface area contributed by atoms with E-state index in [9.17, 15) is 9.59 Å². The van der Waals surface area contributed by atoms with Gasteiger partial charge in [-0.2, -0.15) is 0 Å². The summed E-state index contributed by atoms with van der Waals surface area (Å²) in [5, 5.41) is 0. The van der Waals surface area contributed by atoms with Crippen LogP contribution in [0.3, 0.4) is 0 Å². The number of carbonyl (C=O) groups is 2. The van der Waals surface area contributed by atoms with Crippen LogP contribution in [0.5, 0.6) is 0 Å². The van der Waals surface area contributed by atoms with Crippen LogP contribution in [-0.4, -0.2) is 29.9 Å². The fourth-order valence-corrected chi connectivity index (χ4v) is 2.58. The first-order valence-corrected chi connectivity index (χ1v) is 7.72. The summed E-state index contributed by atoms with van der Waals surface area (Å²) in [5.74, 6) is -0.366. The number of nitrogens with zero attached hydrogens (tertiary/aromatic N) is 1. The van der Waals surface area contributed by atoms with Gasteiger partial charge in [0.25, 0.3) is 0 Å². The maximum atomic E-state index is 12.0. The van der Waals surface area contributed by atoms with Gasteiger partial charge in [0.2, 0.25) is 5.91 Å². The Morgan fingerprint density at radius 3 is 2.48 bits per heavy atom. The lowest BCUT2D eigenvalue weighted by Crippen LogP contribution is -2.39. The zero-order valence-corrected chi connectivity index (χ0v) is 13.3. The van der Waals surface area contributed by atoms with E-state index < -0.39 is 0 Å². The molecule has 4 nitrogen and oxygen atoms in total. The molecule has 0 unspecified atom stereocenters. The van der Waals surface area contributed by atoms with E-state index in [1.54, 1.807) is 4.90 Å². The van der Waals surface area contributed by atoms with Crippen molar-refractivity contribution in [1.29, 1.82) is 0 Å². The van der Waals surface area contributed by atoms with Crippen molar-refractivity contribution in [1.82, 2.24) is 4.90 Å². The summed E-state index contributed by atoms with van der Waals surface area (Å²) in [7, 11) is 0. The molecule has 1 aromatic rings. The Bertz CT molecular complexity index is 519. The van der Waals surface area contributed by atoms with Crippen LogP contribution >= 0.6 is 15.9 Å². The van der Waals surface area contributed by atoms with Gasteiger partial charge in [-0.15, -0.1) is 0 Å². The molecular weight excluding hydrogens is 334 g/mol. The van der Waals surface area contributed by atoms with Gasteiger partial charge in [-0.05, 0) is 36.6 Å². The van der Waals surface area contributed by atoms with E-state index in [1.165, 1.54) is 6.08 Å². The number of benzene rings is 1. The topological polar surface area (TPSA) is 46.6 Å². The molecule has 21 heavy (non-hydrogen) atoms. The molecule has 0 spiro atoms. The first-order valence-electron chi connectivity index (χ1n) is 6.92. The number of rotatable bonds is 4. The summed E-state index contributed by atoms with van der Waals surface area (Å²) in [6.45, 7) is 4.93. The summed E-state index contributed by atoms with van der Waals surface area (Å²) in [4.78, 5) is 25.2. The molecule has 5 heteroatoms. The van der Waals surface area contributed by atoms with Crippen molar-refractivity contribution in [2.24, 2.45) is 5.92 Å². The molecule has 2 rings (SSSR count). The van der Waals surface area contributed by atoms with Gasteiger partial charge in [-0.25, -0.2) is 0 Å². The van der Waals surface area contributed by atoms with E-state index in [0.29, 0.717) is 25.9 Å². The molecule has 1 heterocycles. The monoisotopic (exact) mass is 351 g/mol. The average molecular weight is 352 g/mol. The van der Waals surface area contributed by atoms with Gasteiger partial charge >= 0.3 is 5.97 Å². The second kappa shape index (κ2) is 7.41. The van der Waals surface area contributed by atoms with Crippen molar-refractivity contribution in [3.05, 3.63) is 47.0 Å². The van der Waals surface area contributed by atoms with Crippen molar-refractivity contribution in [2.45, 2.75) is 19.4 Å². The van der Waals surface area contributed by atoms with Gasteiger partial charge in [-0.1, -0.05) is 34.6 Å². The SMILES string of the molecule is C=CC(=O)N1CCC(C(=O)OCc2ccc(Br)cc2)CC1. The Balaban J connectivity index is 1.78. The van der Waals surface area contributed by atoms with Crippen LogP contribution in [0, 0.1) is 5.92 Å². The number of hydrogen-bond acceptors (Lipinski definition) is 3. The lowest BCUT2D eigenvalue weighted by atomic mass is 9.97. The van der Waals surface area contributed by atoms with Crippen molar-refractivity contribution in [2.75, 3.05) is 13.1 Å². The molecule has 1 aromatic carbocycles. The Hall–Kier alpha value is -1.62. The van der Waals surface area contributed by atoms with Crippen LogP contribution in [0.25, 0.3) is 0 Å². The highest BCUT2D eigenvalue weighted by Gasteiger charge is 2.27. The van der Waals surface area contributed by atoms with Gasteiger partial charge in [0.15, 0.2) is 0 Å². The molecule has 1 saturated heterocycles. The first kappa shape index (κ1) is 15.8. The standard InChI is InChI=1S/C16H18BrNO3/c1-2-15(19)18-9-7-13(8-10-18)16(20)21-11-12-3-5-14(17)6-4-12/h2-6,13H,1,7-11H2. The predicted molar refractivity (Wildman–Crippen MR) is 83.4 cm³/mol. The summed E-state index contributed by atoms with van der Waals surface area (Å²) >= 11 is 3.36. The quantitative estimate of drug-likeness (QED) is 0.618. The summed E-state index contributed by atoms with van der Waals surface area (Å²) in [6.07, 6.45) is 2.61. The van der Waals surface area contributed by atoms with Crippen LogP contribution < -0.4 is 0 Å². The number of halogens is 1. The first-order chi connectivity index (χ1) is 10.1. The normalized spacial score (nSPS) is 15.6. The minimum absolute atomic E-state index is 0.0725. The van der Waals surface area contributed by atoms with Gasteiger partial charge in [0.05, 0.1) is 5.92 Å². The van der Waals surface area contributed by atoms with E-state index in [2.05, 4.69) is 22.5 Å². The molecule has 0 aromatic heterocycles. The molecular formula is C16H18BrNO3. The van der Waals surface area contributed by atoms with Crippen LogP contribution in [0.1, 0.15) is 18.4 Å². The smallest absolute Gasteiger partial charge is 0.309 e. The lowest BCUT2D eigenvalue weighted by molar-refractivity contribution is -0.152. The Kier molecular flexibility index (Phi) is 5.56. The maximum Gasteiger partial charge on any atom is 0.309 e. The third-order valence-electron chi connectivity index (χ3n) is 3.61. The highest BCUT2D eigenvalue weighted by atomic mass is 79.9. The van der Waals surface area contributed by atoms with Crippen molar-refractivity contribution in [3.63, 3.8) is 0 Å². The maximum absolute atomic E-state index is 12.0. The number of carbonyl (C=O) groups excluding carboxylic acids is 2. The summed E-state index contributed by atoms with van der Waals surface area (Å²) in [5.41, 5.74) is 0.964. The third-order valence-corrected chi connectivity index (χ3v) is 4.14. The predicted octanol–water partition coefficient (Wildman–Crippen LogP) is 2.92. The van der Waals surface area contributed by atoms with Gasteiger partial charge < -0.3 is 9.64 Å². The largest absolute Gasteiger partial charge is 0.461 e. The molecule has 0 N–H and O–H groups in total. The Labute approximate surface area is 132 Å². The number of hydrogen-bond donors (Lipinski definition) is 0. The van der Waals surface area contributed by atoms with Crippen molar-refractivity contribution < 1.29 is 14.3 Å². The van der Waals surface area contributed by atoms with Gasteiger partial charge in [0, 0.05) is 17.6 Å². The number of esters is 1. The Morgan fingerprint density at radius 1 is 1.29 bits per heavy atom. The number of piperidine rings is 1. The van der Waals surface area contributed by atoms with E-state index >= 15 is 0 Å². The average Bonchev–Trinajstić information content (AvgIpc) is 2.53. The van der Waals surface area contributed by atoms with Gasteiger partial charge in [0.1, 0.15) is 6.61 Å². The van der Waals surface area contributed by atoms with E-state index in [4.69, 9.17) is 4.74 Å². The molecule has 0 bridgehead atoms. The van der Waals surface area contributed by atoms with E-state index in [-0.39, 0.29) is 24.4 Å². The number of amides is 1. The molecule has 1 aliphatic heterocycles. The fourth-order valence-electron chi connectivity index (χ4n) is 2.32. The molecule has 1 fully saturated rings. The zero-order chi connectivity index (χ0) is 15.2. The molecule has 1 aliphatic rings. The molecule has 0 radical (unpaired) electrons. The van der Waals surface area contributed by atoms with E-state index in [1.807, 2.05) is 24.3 Å². The molecule has 112 valence electrons. The Morgan fingerprint density at radius 2 is 1.90 bits per heavy atom. The fraction of sp³-hybridized carbons (Fsp3) is 0.375. The van der Waals surface area contributed by atoms with Crippen LogP contribution in [0.2, 0.25) is 0 Å². The lowest BCUT2D eigenvalue weighted by Gasteiger charge is -2.30. The molecule has 0 atom stereocenters. The third kappa shape index (κ3) is 4.43. The second-order valence-electron chi connectivity index (χ2n) is 5.04. The molecule has 1 amide bonds. The second-order valence-corrected chi connectivity index (χ2v) is 5.95. The zero-order valence-electron chi connectivity index (χ0n) is 11.8. The number of ether oxygens (including phenoxy) is 1. The van der Waals surface area contributed by atoms with Crippen molar-refractivity contribution in [3.8, 4) is 0 Å². The minimum Gasteiger partial charge on any atom is -0.461 e. The van der Waals surface area contributed by atoms with Crippen LogP contribution in [-0.2, 0) is 20.9 Å². The highest BCUT2D eigenvalue weighted by molar-refractivity contribution is 9.10. The van der Waals surface area contributed by atoms with Crippen molar-refractivity contribution >= 4 is 27.8 Å². The molecule has 0 aliphatic carbocycles. The van der Waals surface area contributed by atoms with E-state index in [0.717, 1.165) is 10.0 Å². The summed E-state index contributed by atoms with van der Waals surface area (Å²) in [6, 6.07) is 7.68. The van der Waals surface area contributed by atoms with Crippen LogP contribution in [0.4, 0.5) is 0 Å². The molecule has 0 saturated carbocycles. The van der Waals surface area contributed by atoms with Crippen LogP contribution in [0.15, 0.2) is 41.4 Å². The summed E-state index contributed by atoms with van der Waals surface area (Å²) < 4.78 is 6.35. The highest BCUT2D eigenvalue weighted by Crippen LogP contribution is 2.20. The minimum atomic E-state index is -0.177.